The normalized spacial score (nSPS) is 24.1. The molecule has 27 heavy (non-hydrogen) atoms. The van der Waals surface area contributed by atoms with Crippen molar-refractivity contribution in [2.24, 2.45) is 0 Å². The molecule has 0 aliphatic carbocycles. The molecule has 1 N–H and O–H groups in total. The molecule has 2 aromatic rings. The SMILES string of the molecule is C[C@@]1(O)C(=O)O[C@H](COC(=O)c2ccccc2)C1OC(=O)c1ccccc1. The number of ether oxygens (including phenoxy) is 3. The molecule has 3 rings (SSSR count). The van der Waals surface area contributed by atoms with E-state index in [0.29, 0.717) is 5.56 Å². The number of benzene rings is 2. The first kappa shape index (κ1) is 18.6. The number of cyclic esters (lactones) is 1. The van der Waals surface area contributed by atoms with Crippen molar-refractivity contribution in [3.05, 3.63) is 71.8 Å². The molecule has 0 radical (unpaired) electrons. The van der Waals surface area contributed by atoms with Crippen molar-refractivity contribution < 1.29 is 33.7 Å². The van der Waals surface area contributed by atoms with Crippen molar-refractivity contribution in [3.63, 3.8) is 0 Å². The lowest BCUT2D eigenvalue weighted by Gasteiger charge is -2.24. The Morgan fingerprint density at radius 3 is 2.07 bits per heavy atom. The second-order valence-electron chi connectivity index (χ2n) is 6.25. The van der Waals surface area contributed by atoms with E-state index in [1.165, 1.54) is 6.92 Å². The number of carbonyl (C=O) groups excluding carboxylic acids is 3. The van der Waals surface area contributed by atoms with Crippen LogP contribution in [0.15, 0.2) is 60.7 Å². The van der Waals surface area contributed by atoms with E-state index in [1.807, 2.05) is 0 Å². The molecule has 7 heteroatoms. The molecular weight excluding hydrogens is 352 g/mol. The van der Waals surface area contributed by atoms with Gasteiger partial charge in [0.15, 0.2) is 17.8 Å². The third-order valence-electron chi connectivity index (χ3n) is 4.20. The monoisotopic (exact) mass is 370 g/mol. The molecule has 1 unspecified atom stereocenters. The van der Waals surface area contributed by atoms with Crippen molar-refractivity contribution in [2.45, 2.75) is 24.7 Å². The molecule has 0 amide bonds. The van der Waals surface area contributed by atoms with Gasteiger partial charge in [-0.15, -0.1) is 0 Å². The fraction of sp³-hybridized carbons (Fsp3) is 0.250. The predicted molar refractivity (Wildman–Crippen MR) is 92.9 cm³/mol. The molecule has 140 valence electrons. The third kappa shape index (κ3) is 3.98. The van der Waals surface area contributed by atoms with Crippen molar-refractivity contribution in [3.8, 4) is 0 Å². The molecule has 1 saturated heterocycles. The minimum atomic E-state index is -2.05. The Kier molecular flexibility index (Phi) is 5.23. The summed E-state index contributed by atoms with van der Waals surface area (Å²) in [5.41, 5.74) is -1.46. The minimum absolute atomic E-state index is 0.257. The largest absolute Gasteiger partial charge is 0.458 e. The van der Waals surface area contributed by atoms with E-state index in [-0.39, 0.29) is 12.2 Å². The molecule has 1 aliphatic rings. The number of hydrogen-bond acceptors (Lipinski definition) is 7. The Balaban J connectivity index is 1.70. The van der Waals surface area contributed by atoms with Crippen LogP contribution >= 0.6 is 0 Å². The first-order valence-electron chi connectivity index (χ1n) is 8.31. The summed E-state index contributed by atoms with van der Waals surface area (Å²) in [6.07, 6.45) is -2.44. The topological polar surface area (TPSA) is 99.1 Å². The number of hydrogen-bond donors (Lipinski definition) is 1. The smallest absolute Gasteiger partial charge is 0.342 e. The van der Waals surface area contributed by atoms with Crippen LogP contribution < -0.4 is 0 Å². The summed E-state index contributed by atoms with van der Waals surface area (Å²) in [6, 6.07) is 16.4. The highest BCUT2D eigenvalue weighted by Crippen LogP contribution is 2.30. The highest BCUT2D eigenvalue weighted by Gasteiger charge is 2.56. The maximum Gasteiger partial charge on any atom is 0.342 e. The van der Waals surface area contributed by atoms with Crippen LogP contribution in [0.2, 0.25) is 0 Å². The molecule has 7 nitrogen and oxygen atoms in total. The molecular formula is C20H18O7. The lowest BCUT2D eigenvalue weighted by atomic mass is 9.98. The van der Waals surface area contributed by atoms with Gasteiger partial charge in [-0.3, -0.25) is 0 Å². The summed E-state index contributed by atoms with van der Waals surface area (Å²) in [5, 5.41) is 10.4. The van der Waals surface area contributed by atoms with E-state index in [9.17, 15) is 19.5 Å². The van der Waals surface area contributed by atoms with Gasteiger partial charge in [0.2, 0.25) is 0 Å². The molecule has 0 saturated carbocycles. The van der Waals surface area contributed by atoms with Gasteiger partial charge >= 0.3 is 17.9 Å². The van der Waals surface area contributed by atoms with Crippen LogP contribution in [0.4, 0.5) is 0 Å². The second-order valence-corrected chi connectivity index (χ2v) is 6.25. The first-order valence-corrected chi connectivity index (χ1v) is 8.31. The van der Waals surface area contributed by atoms with Gasteiger partial charge in [0.1, 0.15) is 6.61 Å². The van der Waals surface area contributed by atoms with Gasteiger partial charge in [-0.2, -0.15) is 0 Å². The van der Waals surface area contributed by atoms with Gasteiger partial charge in [-0.25, -0.2) is 14.4 Å². The summed E-state index contributed by atoms with van der Waals surface area (Å²) in [5.74, 6) is -2.29. The van der Waals surface area contributed by atoms with Crippen LogP contribution in [0.25, 0.3) is 0 Å². The molecule has 0 bridgehead atoms. The van der Waals surface area contributed by atoms with Crippen LogP contribution in [0.1, 0.15) is 27.6 Å². The summed E-state index contributed by atoms with van der Waals surface area (Å²) in [4.78, 5) is 36.3. The van der Waals surface area contributed by atoms with Crippen LogP contribution in [-0.4, -0.2) is 47.4 Å². The third-order valence-corrected chi connectivity index (χ3v) is 4.20. The fourth-order valence-electron chi connectivity index (χ4n) is 2.68. The lowest BCUT2D eigenvalue weighted by molar-refractivity contribution is -0.155. The standard InChI is InChI=1S/C20H18O7/c1-20(24)16(27-18(22)14-10-6-3-7-11-14)15(26-19(20)23)12-25-17(21)13-8-4-2-5-9-13/h2-11,15-16,24H,12H2,1H3/t15-,16?,20+/m1/s1. The molecule has 1 aliphatic heterocycles. The number of esters is 3. The molecule has 1 heterocycles. The maximum atomic E-state index is 12.3. The molecule has 0 spiro atoms. The minimum Gasteiger partial charge on any atom is -0.458 e. The molecule has 0 aromatic heterocycles. The Morgan fingerprint density at radius 2 is 1.52 bits per heavy atom. The van der Waals surface area contributed by atoms with E-state index in [2.05, 4.69) is 0 Å². The zero-order valence-electron chi connectivity index (χ0n) is 14.5. The Labute approximate surface area is 155 Å². The second kappa shape index (κ2) is 7.59. The van der Waals surface area contributed by atoms with Crippen molar-refractivity contribution >= 4 is 17.9 Å². The lowest BCUT2D eigenvalue weighted by Crippen LogP contribution is -2.47. The van der Waals surface area contributed by atoms with E-state index >= 15 is 0 Å². The van der Waals surface area contributed by atoms with E-state index < -0.39 is 35.7 Å². The van der Waals surface area contributed by atoms with Crippen LogP contribution in [0.3, 0.4) is 0 Å². The van der Waals surface area contributed by atoms with E-state index in [0.717, 1.165) is 0 Å². The Bertz CT molecular complexity index is 830. The highest BCUT2D eigenvalue weighted by molar-refractivity contribution is 5.91. The number of carbonyl (C=O) groups is 3. The van der Waals surface area contributed by atoms with Gasteiger partial charge in [-0.05, 0) is 31.2 Å². The van der Waals surface area contributed by atoms with E-state index in [4.69, 9.17) is 14.2 Å². The average Bonchev–Trinajstić information content (AvgIpc) is 2.90. The predicted octanol–water partition coefficient (Wildman–Crippen LogP) is 1.75. The number of aliphatic hydroxyl groups is 1. The Morgan fingerprint density at radius 1 is 1.00 bits per heavy atom. The number of rotatable bonds is 5. The Hall–Kier alpha value is -3.19. The van der Waals surface area contributed by atoms with Crippen molar-refractivity contribution in [1.82, 2.24) is 0 Å². The summed E-state index contributed by atoms with van der Waals surface area (Å²) >= 11 is 0. The first-order chi connectivity index (χ1) is 12.9. The van der Waals surface area contributed by atoms with Crippen LogP contribution in [0.5, 0.6) is 0 Å². The van der Waals surface area contributed by atoms with E-state index in [1.54, 1.807) is 60.7 Å². The highest BCUT2D eigenvalue weighted by atomic mass is 16.6. The summed E-state index contributed by atoms with van der Waals surface area (Å²) in [6.45, 7) is 0.833. The summed E-state index contributed by atoms with van der Waals surface area (Å²) < 4.78 is 15.5. The van der Waals surface area contributed by atoms with Crippen LogP contribution in [-0.2, 0) is 19.0 Å². The zero-order valence-corrected chi connectivity index (χ0v) is 14.5. The van der Waals surface area contributed by atoms with Crippen LogP contribution in [0, 0.1) is 0 Å². The summed E-state index contributed by atoms with van der Waals surface area (Å²) in [7, 11) is 0. The fourth-order valence-corrected chi connectivity index (χ4v) is 2.68. The van der Waals surface area contributed by atoms with Gasteiger partial charge in [-0.1, -0.05) is 36.4 Å². The van der Waals surface area contributed by atoms with Gasteiger partial charge < -0.3 is 19.3 Å². The molecule has 3 atom stereocenters. The van der Waals surface area contributed by atoms with Gasteiger partial charge in [0, 0.05) is 0 Å². The molecule has 1 fully saturated rings. The van der Waals surface area contributed by atoms with Gasteiger partial charge in [0.25, 0.3) is 0 Å². The average molecular weight is 370 g/mol. The molecule has 2 aromatic carbocycles. The van der Waals surface area contributed by atoms with Crippen molar-refractivity contribution in [2.75, 3.05) is 6.61 Å². The van der Waals surface area contributed by atoms with Crippen molar-refractivity contribution in [1.29, 1.82) is 0 Å². The maximum absolute atomic E-state index is 12.3. The van der Waals surface area contributed by atoms with Gasteiger partial charge in [0.05, 0.1) is 11.1 Å². The zero-order chi connectivity index (χ0) is 19.4. The quantitative estimate of drug-likeness (QED) is 0.632.